The topological polar surface area (TPSA) is 52.0 Å². The van der Waals surface area contributed by atoms with Crippen LogP contribution in [0, 0.1) is 0 Å². The minimum Gasteiger partial charge on any atom is -0.303 e. The fourth-order valence-corrected chi connectivity index (χ4v) is 2.26. The molecule has 0 fully saturated rings. The van der Waals surface area contributed by atoms with Crippen molar-refractivity contribution in [3.05, 3.63) is 27.9 Å². The van der Waals surface area contributed by atoms with Crippen LogP contribution in [0.3, 0.4) is 0 Å². The summed E-state index contributed by atoms with van der Waals surface area (Å²) in [5.41, 5.74) is 0.586. The fourth-order valence-electron chi connectivity index (χ4n) is 2.06. The lowest BCUT2D eigenvalue weighted by atomic mass is 10.00. The Hall–Kier alpha value is -1.16. The maximum absolute atomic E-state index is 12.0. The molecule has 1 aromatic rings. The predicted octanol–water partition coefficient (Wildman–Crippen LogP) is 1.10. The second-order valence-corrected chi connectivity index (χ2v) is 4.30. The van der Waals surface area contributed by atoms with Gasteiger partial charge in [0.1, 0.15) is 12.1 Å². The van der Waals surface area contributed by atoms with Crippen LogP contribution in [0.1, 0.15) is 30.1 Å². The van der Waals surface area contributed by atoms with Gasteiger partial charge in [-0.25, -0.2) is 4.98 Å². The highest BCUT2D eigenvalue weighted by molar-refractivity contribution is 6.17. The van der Waals surface area contributed by atoms with Crippen LogP contribution in [0.4, 0.5) is 0 Å². The van der Waals surface area contributed by atoms with E-state index in [4.69, 9.17) is 11.6 Å². The lowest BCUT2D eigenvalue weighted by Gasteiger charge is -2.22. The molecule has 0 N–H and O–H groups in total. The van der Waals surface area contributed by atoms with E-state index >= 15 is 0 Å². The second kappa shape index (κ2) is 4.78. The van der Waals surface area contributed by atoms with Gasteiger partial charge in [0.05, 0.1) is 5.92 Å². The van der Waals surface area contributed by atoms with Gasteiger partial charge in [-0.3, -0.25) is 9.36 Å². The van der Waals surface area contributed by atoms with Crippen molar-refractivity contribution in [1.29, 1.82) is 0 Å². The highest BCUT2D eigenvalue weighted by Gasteiger charge is 2.22. The largest absolute Gasteiger partial charge is 0.303 e. The van der Waals surface area contributed by atoms with E-state index in [0.717, 1.165) is 19.1 Å². The summed E-state index contributed by atoms with van der Waals surface area (Å²) in [7, 11) is 0. The lowest BCUT2D eigenvalue weighted by molar-refractivity contribution is -0.109. The van der Waals surface area contributed by atoms with E-state index in [1.165, 1.54) is 0 Å². The number of halogens is 1. The Morgan fingerprint density at radius 3 is 3.12 bits per heavy atom. The molecule has 1 aliphatic heterocycles. The summed E-state index contributed by atoms with van der Waals surface area (Å²) in [6.45, 7) is 0.654. The molecule has 0 bridgehead atoms. The molecule has 1 unspecified atom stereocenters. The van der Waals surface area contributed by atoms with Gasteiger partial charge in [0.15, 0.2) is 0 Å². The van der Waals surface area contributed by atoms with Crippen LogP contribution in [0.5, 0.6) is 0 Å². The standard InChI is InChI=1S/C11H13ClN2O2/c12-4-3-8-6-13-10-9(7-15)2-1-5-14(10)11(8)16/h6-7,9H,1-5H2. The number of nitrogens with zero attached hydrogens (tertiary/aromatic N) is 2. The van der Waals surface area contributed by atoms with E-state index in [1.807, 2.05) is 0 Å². The van der Waals surface area contributed by atoms with Crippen LogP contribution in [0.25, 0.3) is 0 Å². The first kappa shape index (κ1) is 11.3. The van der Waals surface area contributed by atoms with Crippen molar-refractivity contribution < 1.29 is 4.79 Å². The molecule has 2 rings (SSSR count). The third kappa shape index (κ3) is 1.89. The Labute approximate surface area is 98.3 Å². The number of fused-ring (bicyclic) bond motifs is 1. The predicted molar refractivity (Wildman–Crippen MR) is 61.0 cm³/mol. The summed E-state index contributed by atoms with van der Waals surface area (Å²) in [6, 6.07) is 0. The molecule has 86 valence electrons. The minimum atomic E-state index is -0.230. The van der Waals surface area contributed by atoms with E-state index in [0.29, 0.717) is 30.2 Å². The van der Waals surface area contributed by atoms with Crippen molar-refractivity contribution in [2.24, 2.45) is 0 Å². The van der Waals surface area contributed by atoms with Crippen LogP contribution in [0.2, 0.25) is 0 Å². The number of aryl methyl sites for hydroxylation is 1. The van der Waals surface area contributed by atoms with Crippen LogP contribution < -0.4 is 5.56 Å². The number of carbonyl (C=O) groups excluding carboxylic acids is 1. The van der Waals surface area contributed by atoms with E-state index in [-0.39, 0.29) is 11.5 Å². The van der Waals surface area contributed by atoms with Crippen LogP contribution in [-0.2, 0) is 17.8 Å². The van der Waals surface area contributed by atoms with Gasteiger partial charge in [0.25, 0.3) is 5.56 Å². The van der Waals surface area contributed by atoms with Gasteiger partial charge >= 0.3 is 0 Å². The number of carbonyl (C=O) groups is 1. The molecule has 0 aromatic carbocycles. The molecule has 0 spiro atoms. The fraction of sp³-hybridized carbons (Fsp3) is 0.545. The SMILES string of the molecule is O=CC1CCCn2c1ncc(CCCl)c2=O. The molecule has 16 heavy (non-hydrogen) atoms. The van der Waals surface area contributed by atoms with Crippen molar-refractivity contribution in [2.45, 2.75) is 31.7 Å². The highest BCUT2D eigenvalue weighted by atomic mass is 35.5. The second-order valence-electron chi connectivity index (χ2n) is 3.92. The minimum absolute atomic E-state index is 0.0443. The quantitative estimate of drug-likeness (QED) is 0.587. The van der Waals surface area contributed by atoms with Gasteiger partial charge < -0.3 is 4.79 Å². The number of hydrogen-bond donors (Lipinski definition) is 0. The normalized spacial score (nSPS) is 19.2. The van der Waals surface area contributed by atoms with Crippen molar-refractivity contribution >= 4 is 17.9 Å². The molecule has 1 aromatic heterocycles. The van der Waals surface area contributed by atoms with E-state index < -0.39 is 0 Å². The molecule has 0 aliphatic carbocycles. The monoisotopic (exact) mass is 240 g/mol. The number of aldehydes is 1. The third-order valence-corrected chi connectivity index (χ3v) is 3.09. The number of aromatic nitrogens is 2. The summed E-state index contributed by atoms with van der Waals surface area (Å²) >= 11 is 5.62. The first-order chi connectivity index (χ1) is 7.77. The molecule has 0 amide bonds. The number of alkyl halides is 1. The van der Waals surface area contributed by atoms with Crippen molar-refractivity contribution in [3.8, 4) is 0 Å². The number of rotatable bonds is 3. The molecule has 5 heteroatoms. The van der Waals surface area contributed by atoms with Gasteiger partial charge in [-0.05, 0) is 19.3 Å². The Morgan fingerprint density at radius 1 is 1.62 bits per heavy atom. The summed E-state index contributed by atoms with van der Waals surface area (Å²) in [5, 5.41) is 0. The zero-order chi connectivity index (χ0) is 11.5. The molecule has 1 atom stereocenters. The summed E-state index contributed by atoms with van der Waals surface area (Å²) in [5.74, 6) is 0.781. The Bertz CT molecular complexity index is 456. The van der Waals surface area contributed by atoms with Crippen LogP contribution >= 0.6 is 11.6 Å². The average Bonchev–Trinajstić information content (AvgIpc) is 2.32. The molecule has 0 saturated heterocycles. The van der Waals surface area contributed by atoms with Gasteiger partial charge in [0, 0.05) is 24.2 Å². The van der Waals surface area contributed by atoms with E-state index in [9.17, 15) is 9.59 Å². The van der Waals surface area contributed by atoms with E-state index in [2.05, 4.69) is 4.98 Å². The first-order valence-electron chi connectivity index (χ1n) is 5.37. The molecule has 0 radical (unpaired) electrons. The first-order valence-corrected chi connectivity index (χ1v) is 5.91. The number of hydrogen-bond acceptors (Lipinski definition) is 3. The highest BCUT2D eigenvalue weighted by Crippen LogP contribution is 2.21. The smallest absolute Gasteiger partial charge is 0.256 e. The summed E-state index contributed by atoms with van der Waals surface area (Å²) < 4.78 is 1.62. The molecule has 1 aliphatic rings. The molecular formula is C11H13ClN2O2. The van der Waals surface area contributed by atoms with Crippen molar-refractivity contribution in [1.82, 2.24) is 9.55 Å². The van der Waals surface area contributed by atoms with Gasteiger partial charge in [-0.2, -0.15) is 0 Å². The Kier molecular flexibility index (Phi) is 3.39. The van der Waals surface area contributed by atoms with Gasteiger partial charge in [-0.15, -0.1) is 11.6 Å². The molecular weight excluding hydrogens is 228 g/mol. The molecule has 2 heterocycles. The third-order valence-electron chi connectivity index (χ3n) is 2.91. The van der Waals surface area contributed by atoms with Crippen molar-refractivity contribution in [3.63, 3.8) is 0 Å². The zero-order valence-electron chi connectivity index (χ0n) is 8.86. The average molecular weight is 241 g/mol. The van der Waals surface area contributed by atoms with Crippen molar-refractivity contribution in [2.75, 3.05) is 5.88 Å². The molecule has 0 saturated carbocycles. The Morgan fingerprint density at radius 2 is 2.44 bits per heavy atom. The van der Waals surface area contributed by atoms with E-state index in [1.54, 1.807) is 10.8 Å². The maximum Gasteiger partial charge on any atom is 0.256 e. The van der Waals surface area contributed by atoms with Gasteiger partial charge in [0.2, 0.25) is 0 Å². The van der Waals surface area contributed by atoms with Gasteiger partial charge in [-0.1, -0.05) is 0 Å². The summed E-state index contributed by atoms with van der Waals surface area (Å²) in [4.78, 5) is 27.1. The maximum atomic E-state index is 12.0. The van der Waals surface area contributed by atoms with Crippen LogP contribution in [-0.4, -0.2) is 21.7 Å². The Balaban J connectivity index is 2.48. The molecule has 4 nitrogen and oxygen atoms in total. The lowest BCUT2D eigenvalue weighted by Crippen LogP contribution is -2.32. The summed E-state index contributed by atoms with van der Waals surface area (Å²) in [6.07, 6.45) is 4.59. The zero-order valence-corrected chi connectivity index (χ0v) is 9.61. The van der Waals surface area contributed by atoms with Crippen LogP contribution in [0.15, 0.2) is 11.0 Å².